The first kappa shape index (κ1) is 17.8. The Morgan fingerprint density at radius 2 is 2.00 bits per heavy atom. The minimum atomic E-state index is -0.269. The number of ether oxygens (including phenoxy) is 2. The fourth-order valence-corrected chi connectivity index (χ4v) is 2.01. The standard InChI is InChI=1S/C18H24O4/c1-4-8-15(11-14(3)19)13-22-17-10-7-6-9-16(17)12-18(20)21-5-2/h6-11,19H,4-5,12-13H2,1-3H3/b14-11+,15-8+. The van der Waals surface area contributed by atoms with Gasteiger partial charge in [-0.3, -0.25) is 4.79 Å². The third kappa shape index (κ3) is 6.48. The Balaban J connectivity index is 2.78. The van der Waals surface area contributed by atoms with Crippen LogP contribution in [0.1, 0.15) is 32.8 Å². The zero-order valence-electron chi connectivity index (χ0n) is 13.5. The van der Waals surface area contributed by atoms with Gasteiger partial charge in [0.15, 0.2) is 0 Å². The Hall–Kier alpha value is -2.23. The van der Waals surface area contributed by atoms with Crippen LogP contribution in [-0.4, -0.2) is 24.3 Å². The lowest BCUT2D eigenvalue weighted by atomic mass is 10.1. The average molecular weight is 304 g/mol. The van der Waals surface area contributed by atoms with E-state index in [4.69, 9.17) is 9.47 Å². The molecular weight excluding hydrogens is 280 g/mol. The van der Waals surface area contributed by atoms with Gasteiger partial charge in [0, 0.05) is 5.56 Å². The number of allylic oxidation sites excluding steroid dienone is 2. The van der Waals surface area contributed by atoms with Crippen LogP contribution >= 0.6 is 0 Å². The van der Waals surface area contributed by atoms with E-state index in [2.05, 4.69) is 0 Å². The number of aliphatic hydroxyl groups excluding tert-OH is 1. The van der Waals surface area contributed by atoms with Gasteiger partial charge in [0.1, 0.15) is 12.4 Å². The first-order chi connectivity index (χ1) is 10.6. The normalized spacial score (nSPS) is 12.1. The molecule has 4 nitrogen and oxygen atoms in total. The van der Waals surface area contributed by atoms with E-state index in [1.807, 2.05) is 37.3 Å². The van der Waals surface area contributed by atoms with Crippen molar-refractivity contribution in [3.8, 4) is 5.75 Å². The predicted octanol–water partition coefficient (Wildman–Crippen LogP) is 3.97. The quantitative estimate of drug-likeness (QED) is 0.448. The number of para-hydroxylation sites is 1. The number of carbonyl (C=O) groups excluding carboxylic acids is 1. The second kappa shape index (κ2) is 9.66. The Morgan fingerprint density at radius 1 is 1.27 bits per heavy atom. The van der Waals surface area contributed by atoms with Gasteiger partial charge in [-0.15, -0.1) is 0 Å². The van der Waals surface area contributed by atoms with Crippen LogP contribution in [-0.2, 0) is 16.0 Å². The van der Waals surface area contributed by atoms with Crippen LogP contribution in [0, 0.1) is 0 Å². The fraction of sp³-hybridized carbons (Fsp3) is 0.389. The fourth-order valence-electron chi connectivity index (χ4n) is 2.01. The Bertz CT molecular complexity index is 540. The molecule has 0 aromatic heterocycles. The molecule has 0 saturated heterocycles. The molecule has 1 N–H and O–H groups in total. The van der Waals surface area contributed by atoms with Gasteiger partial charge in [0.05, 0.1) is 18.8 Å². The first-order valence-corrected chi connectivity index (χ1v) is 7.49. The molecule has 0 bridgehead atoms. The summed E-state index contributed by atoms with van der Waals surface area (Å²) in [6.45, 7) is 6.14. The zero-order chi connectivity index (χ0) is 16.4. The van der Waals surface area contributed by atoms with Gasteiger partial charge in [-0.1, -0.05) is 31.2 Å². The monoisotopic (exact) mass is 304 g/mol. The van der Waals surface area contributed by atoms with E-state index in [1.165, 1.54) is 0 Å². The summed E-state index contributed by atoms with van der Waals surface area (Å²) in [5, 5.41) is 9.38. The summed E-state index contributed by atoms with van der Waals surface area (Å²) >= 11 is 0. The van der Waals surface area contributed by atoms with Gasteiger partial charge in [0.25, 0.3) is 0 Å². The Labute approximate surface area is 132 Å². The van der Waals surface area contributed by atoms with Crippen LogP contribution in [0.15, 0.2) is 47.7 Å². The number of hydrogen-bond donors (Lipinski definition) is 1. The summed E-state index contributed by atoms with van der Waals surface area (Å²) in [7, 11) is 0. The molecule has 1 aromatic rings. The third-order valence-corrected chi connectivity index (χ3v) is 2.87. The van der Waals surface area contributed by atoms with E-state index in [0.717, 1.165) is 17.6 Å². The van der Waals surface area contributed by atoms with Gasteiger partial charge in [0.2, 0.25) is 0 Å². The van der Waals surface area contributed by atoms with E-state index < -0.39 is 0 Å². The molecule has 0 aliphatic rings. The van der Waals surface area contributed by atoms with Crippen LogP contribution in [0.2, 0.25) is 0 Å². The van der Waals surface area contributed by atoms with Crippen molar-refractivity contribution >= 4 is 5.97 Å². The number of benzene rings is 1. The number of rotatable bonds is 8. The number of carbonyl (C=O) groups is 1. The summed E-state index contributed by atoms with van der Waals surface area (Å²) in [6.07, 6.45) is 4.71. The average Bonchev–Trinajstić information content (AvgIpc) is 2.46. The summed E-state index contributed by atoms with van der Waals surface area (Å²) in [5.41, 5.74) is 1.69. The largest absolute Gasteiger partial charge is 0.513 e. The van der Waals surface area contributed by atoms with Gasteiger partial charge in [-0.25, -0.2) is 0 Å². The highest BCUT2D eigenvalue weighted by molar-refractivity contribution is 5.73. The molecule has 0 aliphatic heterocycles. The van der Waals surface area contributed by atoms with Crippen molar-refractivity contribution in [3.05, 3.63) is 53.3 Å². The number of hydrogen-bond acceptors (Lipinski definition) is 4. The van der Waals surface area contributed by atoms with Crippen molar-refractivity contribution in [1.29, 1.82) is 0 Å². The molecular formula is C18H24O4. The molecule has 0 saturated carbocycles. The van der Waals surface area contributed by atoms with Gasteiger partial charge >= 0.3 is 5.97 Å². The summed E-state index contributed by atoms with van der Waals surface area (Å²) < 4.78 is 10.8. The molecule has 1 aromatic carbocycles. The molecule has 22 heavy (non-hydrogen) atoms. The summed E-state index contributed by atoms with van der Waals surface area (Å²) in [4.78, 5) is 11.6. The lowest BCUT2D eigenvalue weighted by molar-refractivity contribution is -0.142. The Morgan fingerprint density at radius 3 is 2.64 bits per heavy atom. The predicted molar refractivity (Wildman–Crippen MR) is 87.0 cm³/mol. The molecule has 0 spiro atoms. The van der Waals surface area contributed by atoms with Gasteiger partial charge in [-0.2, -0.15) is 0 Å². The maximum absolute atomic E-state index is 11.6. The maximum Gasteiger partial charge on any atom is 0.310 e. The van der Waals surface area contributed by atoms with Crippen LogP contribution in [0.4, 0.5) is 0 Å². The van der Waals surface area contributed by atoms with Gasteiger partial charge < -0.3 is 14.6 Å². The lowest BCUT2D eigenvalue weighted by Crippen LogP contribution is -2.09. The van der Waals surface area contributed by atoms with E-state index in [0.29, 0.717) is 19.0 Å². The van der Waals surface area contributed by atoms with Crippen molar-refractivity contribution in [2.75, 3.05) is 13.2 Å². The second-order valence-corrected chi connectivity index (χ2v) is 4.85. The second-order valence-electron chi connectivity index (χ2n) is 4.85. The molecule has 0 amide bonds. The van der Waals surface area contributed by atoms with Crippen molar-refractivity contribution in [1.82, 2.24) is 0 Å². The topological polar surface area (TPSA) is 55.8 Å². The Kier molecular flexibility index (Phi) is 7.83. The highest BCUT2D eigenvalue weighted by Gasteiger charge is 2.09. The number of aliphatic hydroxyl groups is 1. The van der Waals surface area contributed by atoms with E-state index >= 15 is 0 Å². The highest BCUT2D eigenvalue weighted by atomic mass is 16.5. The number of esters is 1. The highest BCUT2D eigenvalue weighted by Crippen LogP contribution is 2.20. The molecule has 0 radical (unpaired) electrons. The molecule has 4 heteroatoms. The van der Waals surface area contributed by atoms with E-state index in [9.17, 15) is 9.90 Å². The zero-order valence-corrected chi connectivity index (χ0v) is 13.5. The van der Waals surface area contributed by atoms with Crippen LogP contribution in [0.5, 0.6) is 5.75 Å². The first-order valence-electron chi connectivity index (χ1n) is 7.49. The SMILES string of the molecule is CC/C=C(\C=C(/C)O)COc1ccccc1CC(=O)OCC. The smallest absolute Gasteiger partial charge is 0.310 e. The molecule has 1 rings (SSSR count). The summed E-state index contributed by atoms with van der Waals surface area (Å²) in [5.74, 6) is 0.624. The van der Waals surface area contributed by atoms with E-state index in [-0.39, 0.29) is 18.1 Å². The van der Waals surface area contributed by atoms with E-state index in [1.54, 1.807) is 19.9 Å². The lowest BCUT2D eigenvalue weighted by Gasteiger charge is -2.12. The van der Waals surface area contributed by atoms with Crippen LogP contribution < -0.4 is 4.74 Å². The molecule has 0 unspecified atom stereocenters. The maximum atomic E-state index is 11.6. The van der Waals surface area contributed by atoms with Gasteiger partial charge in [-0.05, 0) is 38.0 Å². The molecule has 0 atom stereocenters. The van der Waals surface area contributed by atoms with Crippen molar-refractivity contribution in [3.63, 3.8) is 0 Å². The minimum absolute atomic E-state index is 0.186. The summed E-state index contributed by atoms with van der Waals surface area (Å²) in [6, 6.07) is 7.40. The minimum Gasteiger partial charge on any atom is -0.513 e. The van der Waals surface area contributed by atoms with Crippen molar-refractivity contribution in [2.24, 2.45) is 0 Å². The molecule has 120 valence electrons. The third-order valence-electron chi connectivity index (χ3n) is 2.87. The van der Waals surface area contributed by atoms with Crippen molar-refractivity contribution < 1.29 is 19.4 Å². The van der Waals surface area contributed by atoms with Crippen molar-refractivity contribution in [2.45, 2.75) is 33.6 Å². The van der Waals surface area contributed by atoms with Crippen LogP contribution in [0.3, 0.4) is 0 Å². The molecule has 0 fully saturated rings. The van der Waals surface area contributed by atoms with Crippen LogP contribution in [0.25, 0.3) is 0 Å². The molecule has 0 heterocycles. The molecule has 0 aliphatic carbocycles.